The van der Waals surface area contributed by atoms with Crippen LogP contribution in [0.4, 0.5) is 0 Å². The molecule has 1 atom stereocenters. The lowest BCUT2D eigenvalue weighted by Crippen LogP contribution is -2.17. The molecule has 0 spiro atoms. The second kappa shape index (κ2) is 7.03. The van der Waals surface area contributed by atoms with Gasteiger partial charge in [0.05, 0.1) is 0 Å². The predicted octanol–water partition coefficient (Wildman–Crippen LogP) is 6.08. The van der Waals surface area contributed by atoms with E-state index in [1.54, 1.807) is 0 Å². The van der Waals surface area contributed by atoms with Crippen molar-refractivity contribution < 1.29 is 9.47 Å². The zero-order valence-corrected chi connectivity index (χ0v) is 15.8. The molecule has 26 heavy (non-hydrogen) atoms. The molecule has 0 aliphatic carbocycles. The van der Waals surface area contributed by atoms with Gasteiger partial charge in [-0.05, 0) is 46.2 Å². The van der Waals surface area contributed by atoms with Crippen LogP contribution in [0.5, 0.6) is 11.5 Å². The molecule has 0 saturated carbocycles. The molecule has 134 valence electrons. The Labute approximate surface area is 155 Å². The van der Waals surface area contributed by atoms with Crippen LogP contribution in [0.15, 0.2) is 54.6 Å². The van der Waals surface area contributed by atoms with E-state index in [1.807, 2.05) is 6.07 Å². The minimum atomic E-state index is 0.361. The van der Waals surface area contributed by atoms with Crippen LogP contribution in [-0.4, -0.2) is 13.2 Å². The first kappa shape index (κ1) is 17.0. The Morgan fingerprint density at radius 1 is 0.769 bits per heavy atom. The van der Waals surface area contributed by atoms with Gasteiger partial charge in [-0.2, -0.15) is 0 Å². The van der Waals surface area contributed by atoms with Crippen LogP contribution < -0.4 is 9.47 Å². The van der Waals surface area contributed by atoms with E-state index in [0.29, 0.717) is 25.0 Å². The maximum Gasteiger partial charge on any atom is 0.164 e. The van der Waals surface area contributed by atoms with Crippen molar-refractivity contribution in [3.63, 3.8) is 0 Å². The summed E-state index contributed by atoms with van der Waals surface area (Å²) in [6.45, 7) is 8.06. The zero-order valence-electron chi connectivity index (χ0n) is 15.8. The molecule has 0 saturated heterocycles. The minimum absolute atomic E-state index is 0.361. The van der Waals surface area contributed by atoms with E-state index in [-0.39, 0.29) is 0 Å². The number of hydrogen-bond donors (Lipinski definition) is 0. The second-order valence-corrected chi connectivity index (χ2v) is 7.49. The Bertz CT molecular complexity index is 927. The monoisotopic (exact) mass is 346 g/mol. The summed E-state index contributed by atoms with van der Waals surface area (Å²) in [6, 6.07) is 19.6. The third-order valence-electron chi connectivity index (χ3n) is 5.32. The van der Waals surface area contributed by atoms with Gasteiger partial charge in [-0.1, -0.05) is 69.3 Å². The molecule has 3 aromatic rings. The Kier molecular flexibility index (Phi) is 4.58. The molecule has 1 unspecified atom stereocenters. The van der Waals surface area contributed by atoms with Crippen LogP contribution in [0.3, 0.4) is 0 Å². The van der Waals surface area contributed by atoms with Crippen molar-refractivity contribution >= 4 is 10.8 Å². The lowest BCUT2D eigenvalue weighted by molar-refractivity contribution is 0.169. The summed E-state index contributed by atoms with van der Waals surface area (Å²) in [5.74, 6) is 2.69. The van der Waals surface area contributed by atoms with Crippen molar-refractivity contribution in [1.82, 2.24) is 0 Å². The number of para-hydroxylation sites is 1. The fraction of sp³-hybridized carbons (Fsp3) is 0.333. The van der Waals surface area contributed by atoms with Crippen molar-refractivity contribution in [3.8, 4) is 11.5 Å². The third-order valence-corrected chi connectivity index (χ3v) is 5.32. The van der Waals surface area contributed by atoms with Crippen LogP contribution >= 0.6 is 0 Å². The van der Waals surface area contributed by atoms with E-state index in [0.717, 1.165) is 17.9 Å². The first-order valence-corrected chi connectivity index (χ1v) is 9.54. The molecule has 0 N–H and O–H groups in total. The van der Waals surface area contributed by atoms with Gasteiger partial charge in [0.1, 0.15) is 13.2 Å². The normalized spacial score (nSPS) is 14.6. The molecule has 2 nitrogen and oxygen atoms in total. The molecular formula is C24H26O2. The smallest absolute Gasteiger partial charge is 0.164 e. The number of hydrogen-bond acceptors (Lipinski definition) is 2. The highest BCUT2D eigenvalue weighted by Gasteiger charge is 2.20. The molecule has 0 amide bonds. The summed E-state index contributed by atoms with van der Waals surface area (Å²) in [7, 11) is 0. The number of rotatable bonds is 4. The fourth-order valence-corrected chi connectivity index (χ4v) is 4.00. The molecule has 3 aromatic carbocycles. The van der Waals surface area contributed by atoms with E-state index in [4.69, 9.17) is 9.47 Å². The summed E-state index contributed by atoms with van der Waals surface area (Å²) in [4.78, 5) is 0. The van der Waals surface area contributed by atoms with Gasteiger partial charge in [0.2, 0.25) is 0 Å². The van der Waals surface area contributed by atoms with Gasteiger partial charge in [-0.15, -0.1) is 0 Å². The van der Waals surface area contributed by atoms with E-state index >= 15 is 0 Å². The topological polar surface area (TPSA) is 18.5 Å². The maximum atomic E-state index is 5.93. The molecule has 2 heteroatoms. The average molecular weight is 346 g/mol. The summed E-state index contributed by atoms with van der Waals surface area (Å²) in [6.07, 6.45) is 0.985. The standard InChI is InChI=1S/C24H26O2/c1-16(2)19-8-5-10-21-18(7-4-11-22(19)21)15-17(3)20-9-6-12-23-24(20)26-14-13-25-23/h4-12,16-17H,13-15H2,1-3H3. The van der Waals surface area contributed by atoms with Gasteiger partial charge >= 0.3 is 0 Å². The maximum absolute atomic E-state index is 5.93. The summed E-state index contributed by atoms with van der Waals surface area (Å²) >= 11 is 0. The summed E-state index contributed by atoms with van der Waals surface area (Å²) < 4.78 is 11.7. The van der Waals surface area contributed by atoms with E-state index in [2.05, 4.69) is 69.3 Å². The molecule has 1 aliphatic heterocycles. The van der Waals surface area contributed by atoms with Crippen molar-refractivity contribution in [2.75, 3.05) is 13.2 Å². The van der Waals surface area contributed by atoms with E-state index in [1.165, 1.54) is 27.5 Å². The van der Waals surface area contributed by atoms with Gasteiger partial charge in [-0.25, -0.2) is 0 Å². The quantitative estimate of drug-likeness (QED) is 0.570. The van der Waals surface area contributed by atoms with Gasteiger partial charge < -0.3 is 9.47 Å². The first-order chi connectivity index (χ1) is 12.6. The second-order valence-electron chi connectivity index (χ2n) is 7.49. The van der Waals surface area contributed by atoms with E-state index < -0.39 is 0 Å². The molecule has 1 aliphatic rings. The largest absolute Gasteiger partial charge is 0.486 e. The lowest BCUT2D eigenvalue weighted by atomic mass is 9.88. The van der Waals surface area contributed by atoms with Crippen molar-refractivity contribution in [3.05, 3.63) is 71.3 Å². The zero-order chi connectivity index (χ0) is 18.1. The molecule has 0 bridgehead atoms. The molecule has 0 aromatic heterocycles. The number of fused-ring (bicyclic) bond motifs is 2. The molecule has 0 radical (unpaired) electrons. The van der Waals surface area contributed by atoms with Crippen LogP contribution in [0, 0.1) is 0 Å². The van der Waals surface area contributed by atoms with Crippen LogP contribution in [-0.2, 0) is 6.42 Å². The Morgan fingerprint density at radius 2 is 1.46 bits per heavy atom. The van der Waals surface area contributed by atoms with Gasteiger partial charge in [-0.3, -0.25) is 0 Å². The predicted molar refractivity (Wildman–Crippen MR) is 108 cm³/mol. The van der Waals surface area contributed by atoms with Gasteiger partial charge in [0, 0.05) is 5.56 Å². The lowest BCUT2D eigenvalue weighted by Gasteiger charge is -2.24. The van der Waals surface area contributed by atoms with Crippen molar-refractivity contribution in [2.24, 2.45) is 0 Å². The highest BCUT2D eigenvalue weighted by Crippen LogP contribution is 2.39. The average Bonchev–Trinajstić information content (AvgIpc) is 2.67. The highest BCUT2D eigenvalue weighted by atomic mass is 16.6. The number of benzene rings is 3. The van der Waals surface area contributed by atoms with Crippen molar-refractivity contribution in [1.29, 1.82) is 0 Å². The van der Waals surface area contributed by atoms with Crippen LogP contribution in [0.25, 0.3) is 10.8 Å². The minimum Gasteiger partial charge on any atom is -0.486 e. The first-order valence-electron chi connectivity index (χ1n) is 9.54. The van der Waals surface area contributed by atoms with Crippen LogP contribution in [0.1, 0.15) is 49.3 Å². The fourth-order valence-electron chi connectivity index (χ4n) is 4.00. The summed E-state index contributed by atoms with van der Waals surface area (Å²) in [5, 5.41) is 2.74. The molecular weight excluding hydrogens is 320 g/mol. The number of ether oxygens (including phenoxy) is 2. The van der Waals surface area contributed by atoms with Crippen LogP contribution in [0.2, 0.25) is 0 Å². The summed E-state index contributed by atoms with van der Waals surface area (Å²) in [5.41, 5.74) is 4.05. The molecule has 0 fully saturated rings. The van der Waals surface area contributed by atoms with E-state index in [9.17, 15) is 0 Å². The van der Waals surface area contributed by atoms with Crippen molar-refractivity contribution in [2.45, 2.75) is 39.0 Å². The highest BCUT2D eigenvalue weighted by molar-refractivity contribution is 5.89. The molecule has 4 rings (SSSR count). The Balaban J connectivity index is 1.71. The SMILES string of the molecule is CC(C)c1cccc2c(CC(C)c3cccc4c3OCCO4)cccc12. The van der Waals surface area contributed by atoms with Gasteiger partial charge in [0.25, 0.3) is 0 Å². The van der Waals surface area contributed by atoms with Gasteiger partial charge in [0.15, 0.2) is 11.5 Å². The molecule has 1 heterocycles. The third kappa shape index (κ3) is 3.05. The Hall–Kier alpha value is -2.48. The Morgan fingerprint density at radius 3 is 2.31 bits per heavy atom.